The van der Waals surface area contributed by atoms with Crippen molar-refractivity contribution in [3.05, 3.63) is 5.82 Å². The van der Waals surface area contributed by atoms with Gasteiger partial charge in [0.05, 0.1) is 18.8 Å². The summed E-state index contributed by atoms with van der Waals surface area (Å²) >= 11 is 0. The highest BCUT2D eigenvalue weighted by molar-refractivity contribution is 5.90. The third-order valence-electron chi connectivity index (χ3n) is 3.28. The number of rotatable bonds is 1. The molecule has 1 aromatic heterocycles. The second kappa shape index (κ2) is 3.82. The van der Waals surface area contributed by atoms with Gasteiger partial charge in [0.2, 0.25) is 0 Å². The van der Waals surface area contributed by atoms with Gasteiger partial charge in [0.25, 0.3) is 11.7 Å². The number of tetrazole rings is 1. The summed E-state index contributed by atoms with van der Waals surface area (Å²) < 4.78 is 5.64. The molecule has 1 aromatic rings. The van der Waals surface area contributed by atoms with E-state index in [2.05, 4.69) is 20.6 Å². The van der Waals surface area contributed by atoms with Crippen LogP contribution in [0.4, 0.5) is 0 Å². The summed E-state index contributed by atoms with van der Waals surface area (Å²) in [5, 5.41) is 13.2. The van der Waals surface area contributed by atoms with Crippen LogP contribution in [0.15, 0.2) is 0 Å². The Morgan fingerprint density at radius 2 is 2.44 bits per heavy atom. The Bertz CT molecular complexity index is 379. The van der Waals surface area contributed by atoms with Crippen LogP contribution >= 0.6 is 0 Å². The molecule has 0 spiro atoms. The first-order valence-electron chi connectivity index (χ1n) is 5.52. The van der Waals surface area contributed by atoms with E-state index in [-0.39, 0.29) is 23.9 Å². The summed E-state index contributed by atoms with van der Waals surface area (Å²) in [6, 6.07) is 0.194. The molecule has 2 fully saturated rings. The standard InChI is InChI=1S/C9H13N5O2/c15-9(8-10-12-13-11-8)14-4-5-16-7-3-1-2-6(7)14/h6-7H,1-5H2,(H,10,11,12,13). The zero-order chi connectivity index (χ0) is 11.0. The minimum absolute atomic E-state index is 0.144. The van der Waals surface area contributed by atoms with Gasteiger partial charge in [0.15, 0.2) is 0 Å². The number of carbonyl (C=O) groups excluding carboxylic acids is 1. The van der Waals surface area contributed by atoms with Crippen LogP contribution in [0, 0.1) is 0 Å². The molecule has 3 rings (SSSR count). The Balaban J connectivity index is 1.80. The smallest absolute Gasteiger partial charge is 0.295 e. The summed E-state index contributed by atoms with van der Waals surface area (Å²) in [4.78, 5) is 13.9. The molecule has 2 aliphatic rings. The molecule has 2 heterocycles. The molecule has 7 heteroatoms. The maximum Gasteiger partial charge on any atom is 0.295 e. The molecule has 0 bridgehead atoms. The van der Waals surface area contributed by atoms with E-state index in [9.17, 15) is 4.79 Å². The molecule has 1 N–H and O–H groups in total. The van der Waals surface area contributed by atoms with Crippen molar-refractivity contribution in [3.63, 3.8) is 0 Å². The van der Waals surface area contributed by atoms with Crippen molar-refractivity contribution >= 4 is 5.91 Å². The lowest BCUT2D eigenvalue weighted by atomic mass is 10.1. The SMILES string of the molecule is O=C(c1nn[nH]n1)N1CCOC2CCCC21. The number of nitrogens with one attached hydrogen (secondary N) is 1. The molecular formula is C9H13N5O2. The Morgan fingerprint density at radius 3 is 3.25 bits per heavy atom. The number of hydrogen-bond donors (Lipinski definition) is 1. The molecule has 2 atom stereocenters. The maximum absolute atomic E-state index is 12.1. The van der Waals surface area contributed by atoms with E-state index >= 15 is 0 Å². The Hall–Kier alpha value is -1.50. The fourth-order valence-electron chi connectivity index (χ4n) is 2.56. The predicted molar refractivity (Wildman–Crippen MR) is 52.6 cm³/mol. The fourth-order valence-corrected chi connectivity index (χ4v) is 2.56. The molecule has 0 radical (unpaired) electrons. The number of carbonyl (C=O) groups is 1. The molecule has 1 aliphatic carbocycles. The third-order valence-corrected chi connectivity index (χ3v) is 3.28. The normalized spacial score (nSPS) is 29.1. The maximum atomic E-state index is 12.1. The number of morpholine rings is 1. The second-order valence-corrected chi connectivity index (χ2v) is 4.14. The van der Waals surface area contributed by atoms with E-state index < -0.39 is 0 Å². The monoisotopic (exact) mass is 223 g/mol. The van der Waals surface area contributed by atoms with Gasteiger partial charge in [-0.2, -0.15) is 5.21 Å². The molecule has 16 heavy (non-hydrogen) atoms. The summed E-state index contributed by atoms with van der Waals surface area (Å²) in [7, 11) is 0. The summed E-state index contributed by atoms with van der Waals surface area (Å²) in [6.07, 6.45) is 3.37. The zero-order valence-electron chi connectivity index (χ0n) is 8.80. The first-order chi connectivity index (χ1) is 7.86. The average molecular weight is 223 g/mol. The van der Waals surface area contributed by atoms with Crippen molar-refractivity contribution in [2.24, 2.45) is 0 Å². The number of H-pyrrole nitrogens is 1. The van der Waals surface area contributed by atoms with Crippen molar-refractivity contribution in [3.8, 4) is 0 Å². The van der Waals surface area contributed by atoms with Gasteiger partial charge in [-0.3, -0.25) is 4.79 Å². The second-order valence-electron chi connectivity index (χ2n) is 4.14. The van der Waals surface area contributed by atoms with Gasteiger partial charge in [-0.25, -0.2) is 0 Å². The number of amides is 1. The van der Waals surface area contributed by atoms with Gasteiger partial charge < -0.3 is 9.64 Å². The van der Waals surface area contributed by atoms with E-state index in [1.165, 1.54) is 0 Å². The van der Waals surface area contributed by atoms with Crippen LogP contribution in [-0.2, 0) is 4.74 Å². The number of ether oxygens (including phenoxy) is 1. The highest BCUT2D eigenvalue weighted by Crippen LogP contribution is 2.30. The van der Waals surface area contributed by atoms with Crippen LogP contribution in [0.1, 0.15) is 29.9 Å². The van der Waals surface area contributed by atoms with E-state index in [1.54, 1.807) is 0 Å². The third kappa shape index (κ3) is 1.47. The zero-order valence-corrected chi connectivity index (χ0v) is 8.80. The highest BCUT2D eigenvalue weighted by Gasteiger charge is 2.39. The Kier molecular flexibility index (Phi) is 2.32. The van der Waals surface area contributed by atoms with Crippen LogP contribution in [-0.4, -0.2) is 56.7 Å². The van der Waals surface area contributed by atoms with Gasteiger partial charge >= 0.3 is 0 Å². The van der Waals surface area contributed by atoms with Crippen molar-refractivity contribution in [1.82, 2.24) is 25.5 Å². The summed E-state index contributed by atoms with van der Waals surface area (Å²) in [5.74, 6) is 0.00139. The number of hydrogen-bond acceptors (Lipinski definition) is 5. The van der Waals surface area contributed by atoms with E-state index in [4.69, 9.17) is 4.74 Å². The number of fused-ring (bicyclic) bond motifs is 1. The molecule has 1 saturated carbocycles. The van der Waals surface area contributed by atoms with Crippen LogP contribution < -0.4 is 0 Å². The van der Waals surface area contributed by atoms with Crippen molar-refractivity contribution in [2.75, 3.05) is 13.2 Å². The Labute approximate surface area is 92.1 Å². The van der Waals surface area contributed by atoms with Crippen molar-refractivity contribution in [1.29, 1.82) is 0 Å². The lowest BCUT2D eigenvalue weighted by Crippen LogP contribution is -2.51. The van der Waals surface area contributed by atoms with E-state index in [1.807, 2.05) is 4.90 Å². The van der Waals surface area contributed by atoms with Gasteiger partial charge in [-0.05, 0) is 24.5 Å². The number of aromatic nitrogens is 4. The fraction of sp³-hybridized carbons (Fsp3) is 0.778. The van der Waals surface area contributed by atoms with Crippen LogP contribution in [0.3, 0.4) is 0 Å². The quantitative estimate of drug-likeness (QED) is 0.699. The molecule has 0 aromatic carbocycles. The average Bonchev–Trinajstić information content (AvgIpc) is 2.98. The van der Waals surface area contributed by atoms with Gasteiger partial charge in [-0.1, -0.05) is 0 Å². The van der Waals surface area contributed by atoms with Crippen LogP contribution in [0.5, 0.6) is 0 Å². The largest absolute Gasteiger partial charge is 0.374 e. The molecule has 1 amide bonds. The first-order valence-corrected chi connectivity index (χ1v) is 5.52. The minimum Gasteiger partial charge on any atom is -0.374 e. The molecule has 86 valence electrons. The van der Waals surface area contributed by atoms with E-state index in [0.29, 0.717) is 13.2 Å². The predicted octanol–water partition coefficient (Wildman–Crippen LogP) is -0.407. The van der Waals surface area contributed by atoms with E-state index in [0.717, 1.165) is 19.3 Å². The lowest BCUT2D eigenvalue weighted by molar-refractivity contribution is -0.0449. The van der Waals surface area contributed by atoms with Gasteiger partial charge in [0.1, 0.15) is 0 Å². The van der Waals surface area contributed by atoms with Gasteiger partial charge in [-0.15, -0.1) is 10.2 Å². The first kappa shape index (κ1) is 9.71. The topological polar surface area (TPSA) is 84.0 Å². The molecular weight excluding hydrogens is 210 g/mol. The Morgan fingerprint density at radius 1 is 1.50 bits per heavy atom. The van der Waals surface area contributed by atoms with Crippen molar-refractivity contribution < 1.29 is 9.53 Å². The lowest BCUT2D eigenvalue weighted by Gasteiger charge is -2.36. The molecule has 1 saturated heterocycles. The molecule has 1 aliphatic heterocycles. The van der Waals surface area contributed by atoms with Gasteiger partial charge in [0, 0.05) is 6.54 Å². The summed E-state index contributed by atoms with van der Waals surface area (Å²) in [6.45, 7) is 1.22. The molecule has 7 nitrogen and oxygen atoms in total. The van der Waals surface area contributed by atoms with Crippen molar-refractivity contribution in [2.45, 2.75) is 31.4 Å². The molecule has 2 unspecified atom stereocenters. The highest BCUT2D eigenvalue weighted by atomic mass is 16.5. The number of aromatic amines is 1. The van der Waals surface area contributed by atoms with Crippen LogP contribution in [0.2, 0.25) is 0 Å². The summed E-state index contributed by atoms with van der Waals surface area (Å²) in [5.41, 5.74) is 0. The minimum atomic E-state index is -0.144. The number of nitrogens with zero attached hydrogens (tertiary/aromatic N) is 4. The van der Waals surface area contributed by atoms with Crippen LogP contribution in [0.25, 0.3) is 0 Å².